The van der Waals surface area contributed by atoms with E-state index in [0.29, 0.717) is 23.0 Å². The first-order valence-electron chi connectivity index (χ1n) is 18.5. The van der Waals surface area contributed by atoms with Gasteiger partial charge in [0.1, 0.15) is 49.4 Å². The van der Waals surface area contributed by atoms with Crippen LogP contribution in [0.25, 0.3) is 32.7 Å². The van der Waals surface area contributed by atoms with Crippen LogP contribution in [0.2, 0.25) is 0 Å². The summed E-state index contributed by atoms with van der Waals surface area (Å²) in [5.74, 6) is 1.71. The van der Waals surface area contributed by atoms with Crippen LogP contribution in [0.4, 0.5) is 0 Å². The molecule has 0 radical (unpaired) electrons. The highest BCUT2D eigenvalue weighted by Crippen LogP contribution is 2.35. The quantitative estimate of drug-likeness (QED) is 0.0673. The van der Waals surface area contributed by atoms with E-state index in [2.05, 4.69) is 37.4 Å². The van der Waals surface area contributed by atoms with Crippen molar-refractivity contribution in [2.75, 3.05) is 26.4 Å². The Bertz CT molecular complexity index is 2150. The van der Waals surface area contributed by atoms with Crippen molar-refractivity contribution in [2.45, 2.75) is 39.9 Å². The van der Waals surface area contributed by atoms with Gasteiger partial charge in [0.2, 0.25) is 0 Å². The van der Waals surface area contributed by atoms with Gasteiger partial charge in [0, 0.05) is 22.9 Å². The molecule has 8 heteroatoms. The van der Waals surface area contributed by atoms with Crippen LogP contribution in [0.1, 0.15) is 22.3 Å². The van der Waals surface area contributed by atoms with Crippen molar-refractivity contribution < 1.29 is 38.0 Å². The van der Waals surface area contributed by atoms with E-state index in [1.165, 1.54) is 0 Å². The van der Waals surface area contributed by atoms with Gasteiger partial charge in [-0.25, -0.2) is 9.59 Å². The van der Waals surface area contributed by atoms with Crippen LogP contribution in [-0.4, -0.2) is 50.6 Å². The topological polar surface area (TPSA) is 89.5 Å². The summed E-state index contributed by atoms with van der Waals surface area (Å²) in [4.78, 5) is 24.5. The van der Waals surface area contributed by atoms with Gasteiger partial charge in [-0.15, -0.1) is 0 Å². The Morgan fingerprint density at radius 1 is 0.500 bits per heavy atom. The fourth-order valence-electron chi connectivity index (χ4n) is 6.71. The van der Waals surface area contributed by atoms with E-state index in [4.69, 9.17) is 28.4 Å². The molecule has 0 aromatic heterocycles. The van der Waals surface area contributed by atoms with Gasteiger partial charge in [-0.05, 0) is 108 Å². The van der Waals surface area contributed by atoms with E-state index in [-0.39, 0.29) is 26.4 Å². The molecule has 0 bridgehead atoms. The SMILES string of the molecule is C=CC(=O)OC(COc1c(C)cc(-c2cc(C)c(OCC(COc3cccc4ccccc34)OC(=O)C=C)c(C)c2)cc1C)COc1cccc2ccccc12. The van der Waals surface area contributed by atoms with Gasteiger partial charge < -0.3 is 28.4 Å². The molecule has 0 amide bonds. The van der Waals surface area contributed by atoms with E-state index in [1.807, 2.05) is 113 Å². The molecular weight excluding hydrogens is 705 g/mol. The van der Waals surface area contributed by atoms with Gasteiger partial charge in [0.25, 0.3) is 0 Å². The highest BCUT2D eigenvalue weighted by atomic mass is 16.6. The molecule has 2 atom stereocenters. The van der Waals surface area contributed by atoms with Crippen molar-refractivity contribution in [3.8, 4) is 34.1 Å². The van der Waals surface area contributed by atoms with Crippen LogP contribution in [0.5, 0.6) is 23.0 Å². The molecule has 56 heavy (non-hydrogen) atoms. The van der Waals surface area contributed by atoms with Crippen molar-refractivity contribution >= 4 is 33.5 Å². The molecule has 6 aromatic rings. The standard InChI is InChI=1S/C48H46O8/c1-7-45(49)55-39(27-51-43-21-13-17-35-15-9-11-19-41(35)43)29-53-47-31(3)23-37(24-32(47)4)38-25-33(5)48(34(6)26-38)54-30-40(56-46(50)8-2)28-52-44-22-14-18-36-16-10-12-20-42(36)44/h7-26,39-40H,1-2,27-30H2,3-6H3. The number of carbonyl (C=O) groups excluding carboxylic acids is 2. The van der Waals surface area contributed by atoms with Gasteiger partial charge in [-0.3, -0.25) is 0 Å². The molecule has 0 aliphatic heterocycles. The predicted octanol–water partition coefficient (Wildman–Crippen LogP) is 10.0. The summed E-state index contributed by atoms with van der Waals surface area (Å²) in [5.41, 5.74) is 5.74. The lowest BCUT2D eigenvalue weighted by Gasteiger charge is -2.22. The summed E-state index contributed by atoms with van der Waals surface area (Å²) >= 11 is 0. The van der Waals surface area contributed by atoms with Gasteiger partial charge in [0.05, 0.1) is 0 Å². The van der Waals surface area contributed by atoms with Crippen molar-refractivity contribution in [1.82, 2.24) is 0 Å². The average molecular weight is 751 g/mol. The van der Waals surface area contributed by atoms with E-state index in [0.717, 1.165) is 67.1 Å². The predicted molar refractivity (Wildman–Crippen MR) is 221 cm³/mol. The summed E-state index contributed by atoms with van der Waals surface area (Å²) in [7, 11) is 0. The molecule has 0 saturated carbocycles. The molecule has 0 N–H and O–H groups in total. The molecule has 0 aliphatic carbocycles. The summed E-state index contributed by atoms with van der Waals surface area (Å²) in [6.07, 6.45) is 0.906. The number of ether oxygens (including phenoxy) is 6. The van der Waals surface area contributed by atoms with E-state index < -0.39 is 24.1 Å². The Labute approximate surface area is 327 Å². The number of fused-ring (bicyclic) bond motifs is 2. The number of hydrogen-bond acceptors (Lipinski definition) is 8. The van der Waals surface area contributed by atoms with Gasteiger partial charge in [-0.2, -0.15) is 0 Å². The second-order valence-electron chi connectivity index (χ2n) is 13.6. The zero-order valence-corrected chi connectivity index (χ0v) is 32.2. The first-order valence-corrected chi connectivity index (χ1v) is 18.5. The van der Waals surface area contributed by atoms with Crippen LogP contribution in [0, 0.1) is 27.7 Å². The molecular formula is C48H46O8. The summed E-state index contributed by atoms with van der Waals surface area (Å²) in [6.45, 7) is 15.4. The second-order valence-corrected chi connectivity index (χ2v) is 13.6. The highest BCUT2D eigenvalue weighted by Gasteiger charge is 2.20. The molecule has 0 heterocycles. The zero-order chi connectivity index (χ0) is 39.6. The van der Waals surface area contributed by atoms with Crippen LogP contribution >= 0.6 is 0 Å². The number of carbonyl (C=O) groups is 2. The Morgan fingerprint density at radius 2 is 0.839 bits per heavy atom. The summed E-state index contributed by atoms with van der Waals surface area (Å²) < 4.78 is 36.1. The zero-order valence-electron chi connectivity index (χ0n) is 32.2. The fraction of sp³-hybridized carbons (Fsp3) is 0.208. The number of benzene rings is 6. The van der Waals surface area contributed by atoms with Crippen molar-refractivity contribution in [2.24, 2.45) is 0 Å². The molecule has 6 rings (SSSR count). The van der Waals surface area contributed by atoms with E-state index >= 15 is 0 Å². The van der Waals surface area contributed by atoms with Crippen molar-refractivity contribution in [1.29, 1.82) is 0 Å². The normalized spacial score (nSPS) is 12.0. The lowest BCUT2D eigenvalue weighted by atomic mass is 9.96. The number of esters is 2. The number of rotatable bonds is 17. The minimum absolute atomic E-state index is 0.0890. The third kappa shape index (κ3) is 9.57. The Morgan fingerprint density at radius 3 is 1.21 bits per heavy atom. The lowest BCUT2D eigenvalue weighted by Crippen LogP contribution is -2.31. The van der Waals surface area contributed by atoms with Gasteiger partial charge >= 0.3 is 11.9 Å². The molecule has 2 unspecified atom stereocenters. The van der Waals surface area contributed by atoms with Crippen molar-refractivity contribution in [3.63, 3.8) is 0 Å². The minimum atomic E-state index is -0.680. The van der Waals surface area contributed by atoms with Crippen molar-refractivity contribution in [3.05, 3.63) is 157 Å². The molecule has 0 saturated heterocycles. The fourth-order valence-corrected chi connectivity index (χ4v) is 6.71. The van der Waals surface area contributed by atoms with Crippen LogP contribution in [-0.2, 0) is 19.1 Å². The molecule has 0 aliphatic rings. The van der Waals surface area contributed by atoms with Gasteiger partial charge in [0.15, 0.2) is 12.2 Å². The third-order valence-corrected chi connectivity index (χ3v) is 9.33. The number of hydrogen-bond donors (Lipinski definition) is 0. The molecule has 0 spiro atoms. The Kier molecular flexibility index (Phi) is 12.7. The molecule has 6 aromatic carbocycles. The molecule has 0 fully saturated rings. The van der Waals surface area contributed by atoms with E-state index in [9.17, 15) is 9.59 Å². The van der Waals surface area contributed by atoms with Crippen LogP contribution in [0.3, 0.4) is 0 Å². The lowest BCUT2D eigenvalue weighted by molar-refractivity contribution is -0.147. The highest BCUT2D eigenvalue weighted by molar-refractivity contribution is 5.89. The minimum Gasteiger partial charge on any atom is -0.489 e. The Hall–Kier alpha value is -6.54. The van der Waals surface area contributed by atoms with Crippen LogP contribution < -0.4 is 18.9 Å². The third-order valence-electron chi connectivity index (χ3n) is 9.33. The first-order chi connectivity index (χ1) is 27.1. The molecule has 8 nitrogen and oxygen atoms in total. The average Bonchev–Trinajstić information content (AvgIpc) is 3.20. The summed E-state index contributed by atoms with van der Waals surface area (Å²) in [6, 6.07) is 35.9. The maximum Gasteiger partial charge on any atom is 0.330 e. The van der Waals surface area contributed by atoms with E-state index in [1.54, 1.807) is 0 Å². The van der Waals surface area contributed by atoms with Gasteiger partial charge in [-0.1, -0.05) is 86.0 Å². The largest absolute Gasteiger partial charge is 0.489 e. The monoisotopic (exact) mass is 750 g/mol. The van der Waals surface area contributed by atoms with Crippen LogP contribution in [0.15, 0.2) is 135 Å². The smallest absolute Gasteiger partial charge is 0.330 e. The molecule has 286 valence electrons. The Balaban J connectivity index is 1.13. The second kappa shape index (κ2) is 18.2. The maximum atomic E-state index is 12.2. The number of aryl methyl sites for hydroxylation is 4. The maximum absolute atomic E-state index is 12.2. The first kappa shape index (κ1) is 39.2. The summed E-state index contributed by atoms with van der Waals surface area (Å²) in [5, 5.41) is 4.05.